The molecule has 1 aliphatic heterocycles. The number of rotatable bonds is 4. The maximum atomic E-state index is 11.9. The Morgan fingerprint density at radius 2 is 1.95 bits per heavy atom. The van der Waals surface area contributed by atoms with E-state index in [-0.39, 0.29) is 11.7 Å². The summed E-state index contributed by atoms with van der Waals surface area (Å²) in [5.41, 5.74) is 5.91. The first-order valence-corrected chi connectivity index (χ1v) is 9.66. The van der Waals surface area contributed by atoms with E-state index in [1.807, 2.05) is 0 Å². The molecule has 2 N–H and O–H groups in total. The van der Waals surface area contributed by atoms with Crippen LogP contribution in [0.25, 0.3) is 0 Å². The van der Waals surface area contributed by atoms with E-state index in [1.54, 1.807) is 11.2 Å². The average molecular weight is 328 g/mol. The highest BCUT2D eigenvalue weighted by Gasteiger charge is 2.37. The molecule has 0 amide bonds. The fraction of sp³-hybridized carbons (Fsp3) is 0.857. The number of hydrogen-bond acceptors (Lipinski definition) is 6. The van der Waals surface area contributed by atoms with Gasteiger partial charge in [0.2, 0.25) is 15.9 Å². The van der Waals surface area contributed by atoms with E-state index >= 15 is 0 Å². The molecule has 8 heteroatoms. The third-order valence-electron chi connectivity index (χ3n) is 4.94. The number of aromatic nitrogens is 2. The number of hydrogen-bond donors (Lipinski definition) is 1. The van der Waals surface area contributed by atoms with Crippen LogP contribution in [0.15, 0.2) is 4.52 Å². The molecule has 124 valence electrons. The summed E-state index contributed by atoms with van der Waals surface area (Å²) < 4.78 is 30.7. The molecule has 3 rings (SSSR count). The Hall–Kier alpha value is -0.990. The molecule has 0 bridgehead atoms. The van der Waals surface area contributed by atoms with E-state index in [2.05, 4.69) is 10.1 Å². The second-order valence-corrected chi connectivity index (χ2v) is 8.65. The van der Waals surface area contributed by atoms with Crippen molar-refractivity contribution in [2.45, 2.75) is 56.9 Å². The summed E-state index contributed by atoms with van der Waals surface area (Å²) in [6, 6.07) is 0. The van der Waals surface area contributed by atoms with E-state index in [9.17, 15) is 8.42 Å². The van der Waals surface area contributed by atoms with Crippen LogP contribution in [-0.4, -0.2) is 41.7 Å². The number of piperidine rings is 1. The van der Waals surface area contributed by atoms with Crippen LogP contribution in [0.3, 0.4) is 0 Å². The lowest BCUT2D eigenvalue weighted by molar-refractivity contribution is 0.268. The molecule has 0 atom stereocenters. The van der Waals surface area contributed by atoms with Crippen LogP contribution in [-0.2, 0) is 15.6 Å². The fourth-order valence-corrected chi connectivity index (χ4v) is 4.53. The van der Waals surface area contributed by atoms with Crippen LogP contribution in [0.1, 0.15) is 63.1 Å². The third-order valence-corrected chi connectivity index (χ3v) is 6.83. The molecule has 2 heterocycles. The summed E-state index contributed by atoms with van der Waals surface area (Å²) in [5, 5.41) is 4.09. The van der Waals surface area contributed by atoms with Gasteiger partial charge in [0.1, 0.15) is 0 Å². The van der Waals surface area contributed by atoms with Gasteiger partial charge < -0.3 is 10.3 Å². The summed E-state index contributed by atoms with van der Waals surface area (Å²) in [7, 11) is -3.10. The molecule has 1 saturated carbocycles. The Morgan fingerprint density at radius 1 is 1.32 bits per heavy atom. The largest absolute Gasteiger partial charge is 0.339 e. The van der Waals surface area contributed by atoms with Crippen LogP contribution in [0.5, 0.6) is 0 Å². The first-order valence-electron chi connectivity index (χ1n) is 8.05. The molecular weight excluding hydrogens is 304 g/mol. The topological polar surface area (TPSA) is 102 Å². The van der Waals surface area contributed by atoms with Crippen LogP contribution in [0.2, 0.25) is 0 Å². The smallest absolute Gasteiger partial charge is 0.229 e. The molecule has 2 aliphatic rings. The standard InChI is InChI=1S/C14H24N4O3S/c1-2-22(19,20)18-9-5-11(6-10-18)12-16-13(17-21-12)14(15)7-3-4-8-14/h11H,2-10,15H2,1H3. The zero-order valence-corrected chi connectivity index (χ0v) is 13.8. The average Bonchev–Trinajstić information content (AvgIpc) is 3.17. The Bertz CT molecular complexity index is 614. The van der Waals surface area contributed by atoms with E-state index in [1.165, 1.54) is 0 Å². The van der Waals surface area contributed by atoms with Crippen molar-refractivity contribution in [2.75, 3.05) is 18.8 Å². The van der Waals surface area contributed by atoms with Gasteiger partial charge in [-0.1, -0.05) is 18.0 Å². The predicted molar refractivity (Wildman–Crippen MR) is 81.6 cm³/mol. The molecule has 1 saturated heterocycles. The van der Waals surface area contributed by atoms with Crippen molar-refractivity contribution < 1.29 is 12.9 Å². The van der Waals surface area contributed by atoms with Crippen LogP contribution < -0.4 is 5.73 Å². The first kappa shape index (κ1) is 15.9. The SMILES string of the molecule is CCS(=O)(=O)N1CCC(c2nc(C3(N)CCCC3)no2)CC1. The van der Waals surface area contributed by atoms with Crippen LogP contribution in [0.4, 0.5) is 0 Å². The summed E-state index contributed by atoms with van der Waals surface area (Å²) in [6.07, 6.45) is 5.45. The van der Waals surface area contributed by atoms with E-state index in [4.69, 9.17) is 10.3 Å². The summed E-state index contributed by atoms with van der Waals surface area (Å²) in [5.74, 6) is 1.51. The zero-order chi connectivity index (χ0) is 15.8. The summed E-state index contributed by atoms with van der Waals surface area (Å²) in [6.45, 7) is 2.71. The first-order chi connectivity index (χ1) is 10.4. The van der Waals surface area contributed by atoms with E-state index in [0.29, 0.717) is 24.8 Å². The van der Waals surface area contributed by atoms with Gasteiger partial charge in [-0.05, 0) is 32.6 Å². The van der Waals surface area contributed by atoms with Crippen molar-refractivity contribution in [2.24, 2.45) is 5.73 Å². The molecule has 2 fully saturated rings. The minimum absolute atomic E-state index is 0.134. The lowest BCUT2D eigenvalue weighted by atomic mass is 9.97. The predicted octanol–water partition coefficient (Wildman–Crippen LogP) is 1.33. The Balaban J connectivity index is 1.66. The molecule has 1 aromatic rings. The summed E-state index contributed by atoms with van der Waals surface area (Å²) >= 11 is 0. The number of nitrogens with zero attached hydrogens (tertiary/aromatic N) is 3. The minimum Gasteiger partial charge on any atom is -0.339 e. The molecule has 1 aliphatic carbocycles. The van der Waals surface area contributed by atoms with Gasteiger partial charge in [-0.3, -0.25) is 0 Å². The third kappa shape index (κ3) is 2.91. The van der Waals surface area contributed by atoms with Gasteiger partial charge in [-0.2, -0.15) is 4.98 Å². The molecule has 0 spiro atoms. The molecule has 1 aromatic heterocycles. The lowest BCUT2D eigenvalue weighted by Gasteiger charge is -2.29. The van der Waals surface area contributed by atoms with Crippen molar-refractivity contribution >= 4 is 10.0 Å². The van der Waals surface area contributed by atoms with Crippen molar-refractivity contribution in [3.63, 3.8) is 0 Å². The Morgan fingerprint density at radius 3 is 2.55 bits per heavy atom. The molecule has 0 unspecified atom stereocenters. The lowest BCUT2D eigenvalue weighted by Crippen LogP contribution is -2.38. The minimum atomic E-state index is -3.10. The van der Waals surface area contributed by atoms with Crippen molar-refractivity contribution in [3.05, 3.63) is 11.7 Å². The maximum absolute atomic E-state index is 11.9. The van der Waals surface area contributed by atoms with Crippen LogP contribution >= 0.6 is 0 Å². The van der Waals surface area contributed by atoms with Gasteiger partial charge in [0.15, 0.2) is 5.82 Å². The molecule has 0 radical (unpaired) electrons. The van der Waals surface area contributed by atoms with Gasteiger partial charge in [0.25, 0.3) is 0 Å². The number of nitrogens with two attached hydrogens (primary N) is 1. The molecule has 0 aromatic carbocycles. The maximum Gasteiger partial charge on any atom is 0.229 e. The van der Waals surface area contributed by atoms with E-state index in [0.717, 1.165) is 38.5 Å². The van der Waals surface area contributed by atoms with Crippen LogP contribution in [0, 0.1) is 0 Å². The van der Waals surface area contributed by atoms with Gasteiger partial charge >= 0.3 is 0 Å². The molecule has 7 nitrogen and oxygen atoms in total. The van der Waals surface area contributed by atoms with Crippen molar-refractivity contribution in [1.82, 2.24) is 14.4 Å². The molecular formula is C14H24N4O3S. The van der Waals surface area contributed by atoms with Crippen molar-refractivity contribution in [3.8, 4) is 0 Å². The van der Waals surface area contributed by atoms with Gasteiger partial charge in [-0.25, -0.2) is 12.7 Å². The highest BCUT2D eigenvalue weighted by Crippen LogP contribution is 2.36. The highest BCUT2D eigenvalue weighted by molar-refractivity contribution is 7.89. The number of sulfonamides is 1. The molecule has 22 heavy (non-hydrogen) atoms. The van der Waals surface area contributed by atoms with E-state index < -0.39 is 15.6 Å². The van der Waals surface area contributed by atoms with Gasteiger partial charge in [0.05, 0.1) is 11.3 Å². The second kappa shape index (κ2) is 5.90. The second-order valence-electron chi connectivity index (χ2n) is 6.39. The quantitative estimate of drug-likeness (QED) is 0.894. The monoisotopic (exact) mass is 328 g/mol. The fourth-order valence-electron chi connectivity index (χ4n) is 3.40. The Labute approximate surface area is 131 Å². The normalized spacial score (nSPS) is 23.9. The summed E-state index contributed by atoms with van der Waals surface area (Å²) in [4.78, 5) is 4.52. The Kier molecular flexibility index (Phi) is 4.26. The van der Waals surface area contributed by atoms with Gasteiger partial charge in [0, 0.05) is 19.0 Å². The zero-order valence-electron chi connectivity index (χ0n) is 13.0. The van der Waals surface area contributed by atoms with Crippen molar-refractivity contribution in [1.29, 1.82) is 0 Å². The van der Waals surface area contributed by atoms with Gasteiger partial charge in [-0.15, -0.1) is 0 Å². The highest BCUT2D eigenvalue weighted by atomic mass is 32.2.